The van der Waals surface area contributed by atoms with Crippen LogP contribution in [0.4, 0.5) is 0 Å². The number of aliphatic imine (C=N–C) groups is 1. The molecular formula is C15H10N2O6. The molecule has 1 aromatic carbocycles. The molecule has 2 heterocycles. The topological polar surface area (TPSA) is 111 Å². The van der Waals surface area contributed by atoms with E-state index in [4.69, 9.17) is 9.47 Å². The van der Waals surface area contributed by atoms with Gasteiger partial charge in [0.2, 0.25) is 12.1 Å². The Morgan fingerprint density at radius 2 is 2.22 bits per heavy atom. The average Bonchev–Trinajstić information content (AvgIpc) is 3.15. The maximum absolute atomic E-state index is 11.9. The Labute approximate surface area is 129 Å². The van der Waals surface area contributed by atoms with E-state index in [9.17, 15) is 20.0 Å². The third kappa shape index (κ3) is 2.95. The van der Waals surface area contributed by atoms with Crippen molar-refractivity contribution < 1.29 is 24.3 Å². The van der Waals surface area contributed by atoms with Crippen LogP contribution in [0.2, 0.25) is 0 Å². The number of hydrogen-bond acceptors (Lipinski definition) is 7. The van der Waals surface area contributed by atoms with Crippen molar-refractivity contribution in [3.63, 3.8) is 0 Å². The Morgan fingerprint density at radius 1 is 1.39 bits per heavy atom. The molecule has 1 aromatic rings. The molecule has 0 amide bonds. The SMILES string of the molecule is O=C1OC(c2cc(C=C[N+](=O)[O-])ccc2O)=NC1=C1CC=CO1. The summed E-state index contributed by atoms with van der Waals surface area (Å²) in [5, 5.41) is 20.3. The number of phenols is 1. The summed E-state index contributed by atoms with van der Waals surface area (Å²) in [6.07, 6.45) is 5.62. The van der Waals surface area contributed by atoms with E-state index in [1.807, 2.05) is 0 Å². The van der Waals surface area contributed by atoms with Gasteiger partial charge in [-0.2, -0.15) is 0 Å². The standard InChI is InChI=1S/C15H10N2O6/c18-11-4-3-9(5-6-17(20)21)8-10(11)14-16-13(15(19)23-14)12-2-1-7-22-12/h1,3-8,18H,2H2. The first kappa shape index (κ1) is 14.5. The van der Waals surface area contributed by atoms with Gasteiger partial charge in [0, 0.05) is 12.5 Å². The van der Waals surface area contributed by atoms with Gasteiger partial charge in [-0.25, -0.2) is 9.79 Å². The van der Waals surface area contributed by atoms with Crippen LogP contribution in [0.1, 0.15) is 17.5 Å². The monoisotopic (exact) mass is 314 g/mol. The molecule has 2 aliphatic heterocycles. The number of nitro groups is 1. The molecule has 3 rings (SSSR count). The van der Waals surface area contributed by atoms with Crippen molar-refractivity contribution in [3.05, 3.63) is 69.4 Å². The van der Waals surface area contributed by atoms with Gasteiger partial charge in [-0.1, -0.05) is 6.07 Å². The van der Waals surface area contributed by atoms with Gasteiger partial charge in [-0.3, -0.25) is 10.1 Å². The minimum atomic E-state index is -0.677. The van der Waals surface area contributed by atoms with Crippen molar-refractivity contribution in [1.29, 1.82) is 0 Å². The smallest absolute Gasteiger partial charge is 0.367 e. The van der Waals surface area contributed by atoms with Gasteiger partial charge in [0.25, 0.3) is 0 Å². The number of allylic oxidation sites excluding steroid dienone is 1. The molecule has 0 atom stereocenters. The summed E-state index contributed by atoms with van der Waals surface area (Å²) < 4.78 is 10.2. The van der Waals surface area contributed by atoms with E-state index in [2.05, 4.69) is 4.99 Å². The second kappa shape index (κ2) is 5.76. The Balaban J connectivity index is 1.97. The number of carbonyl (C=O) groups excluding carboxylic acids is 1. The Hall–Kier alpha value is -3.42. The van der Waals surface area contributed by atoms with Crippen molar-refractivity contribution in [2.24, 2.45) is 4.99 Å². The number of rotatable bonds is 3. The summed E-state index contributed by atoms with van der Waals surface area (Å²) in [6, 6.07) is 4.26. The summed E-state index contributed by atoms with van der Waals surface area (Å²) in [4.78, 5) is 25.7. The lowest BCUT2D eigenvalue weighted by Gasteiger charge is -2.03. The van der Waals surface area contributed by atoms with Gasteiger partial charge in [0.1, 0.15) is 11.5 Å². The van der Waals surface area contributed by atoms with E-state index in [1.165, 1.54) is 30.5 Å². The lowest BCUT2D eigenvalue weighted by Crippen LogP contribution is -2.06. The lowest BCUT2D eigenvalue weighted by molar-refractivity contribution is -0.400. The number of benzene rings is 1. The molecule has 8 nitrogen and oxygen atoms in total. The molecule has 2 aliphatic rings. The van der Waals surface area contributed by atoms with Crippen LogP contribution in [0.15, 0.2) is 53.2 Å². The van der Waals surface area contributed by atoms with Gasteiger partial charge in [-0.05, 0) is 23.8 Å². The van der Waals surface area contributed by atoms with Crippen molar-refractivity contribution >= 4 is 17.9 Å². The van der Waals surface area contributed by atoms with Crippen molar-refractivity contribution in [2.45, 2.75) is 6.42 Å². The molecule has 0 unspecified atom stereocenters. The highest BCUT2D eigenvalue weighted by molar-refractivity contribution is 6.12. The van der Waals surface area contributed by atoms with Gasteiger partial charge in [0.15, 0.2) is 5.70 Å². The van der Waals surface area contributed by atoms with E-state index < -0.39 is 10.9 Å². The minimum Gasteiger partial charge on any atom is -0.507 e. The number of aromatic hydroxyl groups is 1. The zero-order chi connectivity index (χ0) is 16.4. The molecule has 0 bridgehead atoms. The number of esters is 1. The fraction of sp³-hybridized carbons (Fsp3) is 0.0667. The molecular weight excluding hydrogens is 304 g/mol. The molecule has 116 valence electrons. The van der Waals surface area contributed by atoms with Crippen LogP contribution in [0.3, 0.4) is 0 Å². The van der Waals surface area contributed by atoms with Gasteiger partial charge in [-0.15, -0.1) is 0 Å². The maximum atomic E-state index is 11.9. The van der Waals surface area contributed by atoms with Crippen molar-refractivity contribution in [1.82, 2.24) is 0 Å². The number of hydrogen-bond donors (Lipinski definition) is 1. The van der Waals surface area contributed by atoms with Crippen molar-refractivity contribution in [2.75, 3.05) is 0 Å². The van der Waals surface area contributed by atoms with Crippen molar-refractivity contribution in [3.8, 4) is 5.75 Å². The van der Waals surface area contributed by atoms with Crippen LogP contribution >= 0.6 is 0 Å². The number of ether oxygens (including phenoxy) is 2. The number of nitrogens with zero attached hydrogens (tertiary/aromatic N) is 2. The summed E-state index contributed by atoms with van der Waals surface area (Å²) >= 11 is 0. The zero-order valence-corrected chi connectivity index (χ0v) is 11.6. The summed E-state index contributed by atoms with van der Waals surface area (Å²) in [5.41, 5.74) is 0.647. The number of phenolic OH excluding ortho intramolecular Hbond substituents is 1. The van der Waals surface area contributed by atoms with Crippen LogP contribution in [0, 0.1) is 10.1 Å². The first-order valence-electron chi connectivity index (χ1n) is 6.55. The highest BCUT2D eigenvalue weighted by atomic mass is 16.6. The van der Waals surface area contributed by atoms with E-state index in [1.54, 1.807) is 6.08 Å². The van der Waals surface area contributed by atoms with E-state index in [0.717, 1.165) is 6.20 Å². The van der Waals surface area contributed by atoms with Crippen LogP contribution < -0.4 is 0 Å². The summed E-state index contributed by atoms with van der Waals surface area (Å²) in [6.45, 7) is 0. The van der Waals surface area contributed by atoms with E-state index in [0.29, 0.717) is 17.7 Å². The maximum Gasteiger partial charge on any atom is 0.367 e. The molecule has 1 N–H and O–H groups in total. The van der Waals surface area contributed by atoms with Crippen LogP contribution in [0.5, 0.6) is 5.75 Å². The average molecular weight is 314 g/mol. The molecule has 0 aromatic heterocycles. The van der Waals surface area contributed by atoms with Crippen LogP contribution in [-0.2, 0) is 14.3 Å². The molecule has 0 spiro atoms. The number of cyclic esters (lactones) is 1. The first-order chi connectivity index (χ1) is 11.0. The molecule has 0 saturated carbocycles. The Bertz CT molecular complexity index is 809. The predicted molar refractivity (Wildman–Crippen MR) is 78.6 cm³/mol. The molecule has 0 fully saturated rings. The second-order valence-electron chi connectivity index (χ2n) is 4.65. The quantitative estimate of drug-likeness (QED) is 0.396. The molecule has 8 heteroatoms. The number of carbonyl (C=O) groups is 1. The van der Waals surface area contributed by atoms with Gasteiger partial charge >= 0.3 is 5.97 Å². The highest BCUT2D eigenvalue weighted by Gasteiger charge is 2.30. The zero-order valence-electron chi connectivity index (χ0n) is 11.6. The minimum absolute atomic E-state index is 0.0376. The van der Waals surface area contributed by atoms with Gasteiger partial charge in [0.05, 0.1) is 16.7 Å². The molecule has 0 aliphatic carbocycles. The summed E-state index contributed by atoms with van der Waals surface area (Å²) in [7, 11) is 0. The Kier molecular flexibility index (Phi) is 3.63. The van der Waals surface area contributed by atoms with E-state index in [-0.39, 0.29) is 22.9 Å². The van der Waals surface area contributed by atoms with Crippen LogP contribution in [-0.4, -0.2) is 21.9 Å². The normalized spacial score (nSPS) is 19.8. The highest BCUT2D eigenvalue weighted by Crippen LogP contribution is 2.28. The molecule has 0 radical (unpaired) electrons. The predicted octanol–water partition coefficient (Wildman–Crippen LogP) is 2.09. The fourth-order valence-corrected chi connectivity index (χ4v) is 2.06. The fourth-order valence-electron chi connectivity index (χ4n) is 2.06. The molecule has 23 heavy (non-hydrogen) atoms. The first-order valence-corrected chi connectivity index (χ1v) is 6.55. The summed E-state index contributed by atoms with van der Waals surface area (Å²) in [5.74, 6) is -0.549. The van der Waals surface area contributed by atoms with Gasteiger partial charge < -0.3 is 14.6 Å². The lowest BCUT2D eigenvalue weighted by atomic mass is 10.1. The largest absolute Gasteiger partial charge is 0.507 e. The second-order valence-corrected chi connectivity index (χ2v) is 4.65. The van der Waals surface area contributed by atoms with E-state index >= 15 is 0 Å². The molecule has 0 saturated heterocycles. The third-order valence-electron chi connectivity index (χ3n) is 3.11. The Morgan fingerprint density at radius 3 is 2.91 bits per heavy atom. The van der Waals surface area contributed by atoms with Crippen LogP contribution in [0.25, 0.3) is 6.08 Å². The third-order valence-corrected chi connectivity index (χ3v) is 3.11.